The molecule has 1 rings (SSSR count). The number of carbonyl (C=O) groups excluding carboxylic acids is 2. The predicted molar refractivity (Wildman–Crippen MR) is 51.9 cm³/mol. The van der Waals surface area contributed by atoms with Crippen molar-refractivity contribution in [2.45, 2.75) is 45.3 Å². The Hall–Kier alpha value is -0.900. The number of carbonyl (C=O) groups is 2. The van der Waals surface area contributed by atoms with Gasteiger partial charge in [0.1, 0.15) is 5.60 Å². The smallest absolute Gasteiger partial charge is 0.252 e. The van der Waals surface area contributed by atoms with E-state index in [0.717, 1.165) is 12.8 Å². The van der Waals surface area contributed by atoms with Gasteiger partial charge in [-0.3, -0.25) is 9.59 Å². The van der Waals surface area contributed by atoms with Crippen LogP contribution in [0.4, 0.5) is 0 Å². The normalized spacial score (nSPS) is 28.5. The standard InChI is InChI=1S/C10H17NO3/c1-7(8(2)12)11-9(13)10(3)5-4-6-14-10/h7H,4-6H2,1-3H3,(H,11,13). The zero-order valence-corrected chi connectivity index (χ0v) is 8.92. The fourth-order valence-corrected chi connectivity index (χ4v) is 1.41. The molecule has 0 saturated carbocycles. The molecular weight excluding hydrogens is 182 g/mol. The molecule has 0 spiro atoms. The van der Waals surface area contributed by atoms with Gasteiger partial charge in [0.15, 0.2) is 5.78 Å². The minimum atomic E-state index is -0.732. The van der Waals surface area contributed by atoms with Gasteiger partial charge in [0.25, 0.3) is 5.91 Å². The molecule has 0 aliphatic carbocycles. The molecule has 2 atom stereocenters. The van der Waals surface area contributed by atoms with Crippen molar-refractivity contribution < 1.29 is 14.3 Å². The molecule has 0 radical (unpaired) electrons. The van der Waals surface area contributed by atoms with Crippen molar-refractivity contribution in [3.8, 4) is 0 Å². The number of nitrogens with one attached hydrogen (secondary N) is 1. The van der Waals surface area contributed by atoms with E-state index >= 15 is 0 Å². The SMILES string of the molecule is CC(=O)C(C)NC(=O)C1(C)CCCO1. The van der Waals surface area contributed by atoms with Crippen LogP contribution in [0.5, 0.6) is 0 Å². The molecule has 1 saturated heterocycles. The van der Waals surface area contributed by atoms with Crippen molar-refractivity contribution in [3.05, 3.63) is 0 Å². The van der Waals surface area contributed by atoms with Crippen LogP contribution in [0, 0.1) is 0 Å². The number of rotatable bonds is 3. The Balaban J connectivity index is 2.53. The number of ketones is 1. The lowest BCUT2D eigenvalue weighted by Gasteiger charge is -2.23. The van der Waals surface area contributed by atoms with E-state index in [0.29, 0.717) is 6.61 Å². The van der Waals surface area contributed by atoms with Crippen molar-refractivity contribution in [1.29, 1.82) is 0 Å². The number of hydrogen-bond acceptors (Lipinski definition) is 3. The van der Waals surface area contributed by atoms with Crippen molar-refractivity contribution in [2.75, 3.05) is 6.61 Å². The highest BCUT2D eigenvalue weighted by Gasteiger charge is 2.38. The fourth-order valence-electron chi connectivity index (χ4n) is 1.41. The number of Topliss-reactive ketones (excluding diaryl/α,β-unsaturated/α-hetero) is 1. The Morgan fingerprint density at radius 1 is 1.50 bits per heavy atom. The van der Waals surface area contributed by atoms with E-state index in [4.69, 9.17) is 4.74 Å². The quantitative estimate of drug-likeness (QED) is 0.726. The summed E-state index contributed by atoms with van der Waals surface area (Å²) in [6.45, 7) is 5.53. The molecule has 2 unspecified atom stereocenters. The summed E-state index contributed by atoms with van der Waals surface area (Å²) in [4.78, 5) is 22.6. The molecule has 0 aromatic rings. The highest BCUT2D eigenvalue weighted by atomic mass is 16.5. The van der Waals surface area contributed by atoms with Crippen molar-refractivity contribution in [2.24, 2.45) is 0 Å². The maximum Gasteiger partial charge on any atom is 0.252 e. The maximum atomic E-state index is 11.7. The van der Waals surface area contributed by atoms with E-state index in [2.05, 4.69) is 5.32 Å². The summed E-state index contributed by atoms with van der Waals surface area (Å²) in [7, 11) is 0. The fraction of sp³-hybridized carbons (Fsp3) is 0.800. The van der Waals surface area contributed by atoms with Crippen LogP contribution in [0.3, 0.4) is 0 Å². The van der Waals surface area contributed by atoms with Gasteiger partial charge >= 0.3 is 0 Å². The summed E-state index contributed by atoms with van der Waals surface area (Å²) in [5, 5.41) is 2.65. The molecule has 80 valence electrons. The number of amides is 1. The third-order valence-electron chi connectivity index (χ3n) is 2.66. The summed E-state index contributed by atoms with van der Waals surface area (Å²) in [6, 6.07) is -0.427. The van der Waals surface area contributed by atoms with Gasteiger partial charge in [0, 0.05) is 6.61 Å². The molecule has 0 bridgehead atoms. The van der Waals surface area contributed by atoms with Gasteiger partial charge in [-0.2, -0.15) is 0 Å². The predicted octanol–water partition coefficient (Wildman–Crippen LogP) is 0.649. The first-order valence-corrected chi connectivity index (χ1v) is 4.91. The van der Waals surface area contributed by atoms with E-state index in [-0.39, 0.29) is 11.7 Å². The molecule has 1 amide bonds. The van der Waals surface area contributed by atoms with Crippen LogP contribution in [0.2, 0.25) is 0 Å². The first-order valence-electron chi connectivity index (χ1n) is 4.91. The van der Waals surface area contributed by atoms with Gasteiger partial charge in [-0.1, -0.05) is 0 Å². The van der Waals surface area contributed by atoms with E-state index < -0.39 is 11.6 Å². The summed E-state index contributed by atoms with van der Waals surface area (Å²) in [6.07, 6.45) is 1.63. The van der Waals surface area contributed by atoms with E-state index in [9.17, 15) is 9.59 Å². The lowest BCUT2D eigenvalue weighted by Crippen LogP contribution is -2.49. The number of hydrogen-bond donors (Lipinski definition) is 1. The second-order valence-electron chi connectivity index (χ2n) is 3.99. The van der Waals surface area contributed by atoms with Gasteiger partial charge in [-0.05, 0) is 33.6 Å². The summed E-state index contributed by atoms with van der Waals surface area (Å²) >= 11 is 0. The summed E-state index contributed by atoms with van der Waals surface area (Å²) in [5.41, 5.74) is -0.732. The lowest BCUT2D eigenvalue weighted by atomic mass is 10.0. The van der Waals surface area contributed by atoms with Gasteiger partial charge in [0.05, 0.1) is 6.04 Å². The Bertz CT molecular complexity index is 244. The molecular formula is C10H17NO3. The summed E-state index contributed by atoms with van der Waals surface area (Å²) in [5.74, 6) is -0.224. The minimum absolute atomic E-state index is 0.0417. The Morgan fingerprint density at radius 3 is 2.57 bits per heavy atom. The molecule has 0 aromatic heterocycles. The lowest BCUT2D eigenvalue weighted by molar-refractivity contribution is -0.141. The number of ether oxygens (including phenoxy) is 1. The largest absolute Gasteiger partial charge is 0.365 e. The molecule has 1 fully saturated rings. The Labute approximate surface area is 84.0 Å². The van der Waals surface area contributed by atoms with Crippen LogP contribution in [0.15, 0.2) is 0 Å². The van der Waals surface area contributed by atoms with Gasteiger partial charge in [0.2, 0.25) is 0 Å². The van der Waals surface area contributed by atoms with Crippen molar-refractivity contribution in [1.82, 2.24) is 5.32 Å². The van der Waals surface area contributed by atoms with Crippen LogP contribution in [0.25, 0.3) is 0 Å². The first-order chi connectivity index (χ1) is 6.46. The van der Waals surface area contributed by atoms with E-state index in [1.165, 1.54) is 6.92 Å². The summed E-state index contributed by atoms with van der Waals surface area (Å²) < 4.78 is 5.36. The van der Waals surface area contributed by atoms with Crippen LogP contribution < -0.4 is 5.32 Å². The minimum Gasteiger partial charge on any atom is -0.365 e. The molecule has 1 N–H and O–H groups in total. The van der Waals surface area contributed by atoms with Crippen LogP contribution in [-0.4, -0.2) is 29.9 Å². The highest BCUT2D eigenvalue weighted by Crippen LogP contribution is 2.25. The molecule has 1 aliphatic rings. The van der Waals surface area contributed by atoms with Crippen LogP contribution in [0.1, 0.15) is 33.6 Å². The molecule has 1 heterocycles. The Kier molecular flexibility index (Phi) is 3.26. The molecule has 4 nitrogen and oxygen atoms in total. The zero-order chi connectivity index (χ0) is 10.8. The topological polar surface area (TPSA) is 55.4 Å². The van der Waals surface area contributed by atoms with Gasteiger partial charge in [-0.15, -0.1) is 0 Å². The maximum absolute atomic E-state index is 11.7. The average molecular weight is 199 g/mol. The van der Waals surface area contributed by atoms with E-state index in [1.807, 2.05) is 0 Å². The molecule has 0 aromatic carbocycles. The molecule has 14 heavy (non-hydrogen) atoms. The first kappa shape index (κ1) is 11.2. The molecule has 4 heteroatoms. The Morgan fingerprint density at radius 2 is 2.14 bits per heavy atom. The van der Waals surface area contributed by atoms with Crippen molar-refractivity contribution >= 4 is 11.7 Å². The average Bonchev–Trinajstić information content (AvgIpc) is 2.53. The van der Waals surface area contributed by atoms with Gasteiger partial charge in [-0.25, -0.2) is 0 Å². The third kappa shape index (κ3) is 2.32. The second-order valence-corrected chi connectivity index (χ2v) is 3.99. The second kappa shape index (κ2) is 4.09. The third-order valence-corrected chi connectivity index (χ3v) is 2.66. The van der Waals surface area contributed by atoms with Crippen molar-refractivity contribution in [3.63, 3.8) is 0 Å². The highest BCUT2D eigenvalue weighted by molar-refractivity contribution is 5.91. The van der Waals surface area contributed by atoms with Crippen LogP contribution >= 0.6 is 0 Å². The zero-order valence-electron chi connectivity index (χ0n) is 8.92. The van der Waals surface area contributed by atoms with Gasteiger partial charge < -0.3 is 10.1 Å². The monoisotopic (exact) mass is 199 g/mol. The molecule has 1 aliphatic heterocycles. The van der Waals surface area contributed by atoms with E-state index in [1.54, 1.807) is 13.8 Å². The van der Waals surface area contributed by atoms with Crippen LogP contribution in [-0.2, 0) is 14.3 Å².